The first-order valence-electron chi connectivity index (χ1n) is 11.6. The summed E-state index contributed by atoms with van der Waals surface area (Å²) < 4.78 is 61.2. The molecule has 3 aromatic heterocycles. The second-order valence-corrected chi connectivity index (χ2v) is 9.25. The van der Waals surface area contributed by atoms with E-state index in [2.05, 4.69) is 43.2 Å². The molecule has 0 spiro atoms. The molecule has 14 heteroatoms. The first-order chi connectivity index (χ1) is 18.2. The Labute approximate surface area is 220 Å². The number of thioether (sulfide) groups is 1. The summed E-state index contributed by atoms with van der Waals surface area (Å²) in [6.07, 6.45) is -0.642. The number of halogens is 4. The summed E-state index contributed by atoms with van der Waals surface area (Å²) in [5, 5.41) is 15.7. The number of nitrogens with zero attached hydrogens (tertiary/aromatic N) is 3. The third-order valence-corrected chi connectivity index (χ3v) is 6.50. The molecule has 38 heavy (non-hydrogen) atoms. The summed E-state index contributed by atoms with van der Waals surface area (Å²) in [7, 11) is 2.91. The Kier molecular flexibility index (Phi) is 8.48. The van der Waals surface area contributed by atoms with Gasteiger partial charge in [-0.3, -0.25) is 4.79 Å². The highest BCUT2D eigenvalue weighted by atomic mass is 32.2. The number of fused-ring (bicyclic) bond motifs is 1. The number of rotatable bonds is 7. The molecule has 1 fully saturated rings. The zero-order chi connectivity index (χ0) is 27.3. The number of hydrogen-bond donors (Lipinski definition) is 4. The summed E-state index contributed by atoms with van der Waals surface area (Å²) in [4.78, 5) is 15.9. The molecule has 202 valence electrons. The molecule has 1 aliphatic heterocycles. The van der Waals surface area contributed by atoms with Crippen LogP contribution in [-0.2, 0) is 0 Å². The van der Waals surface area contributed by atoms with Crippen molar-refractivity contribution in [3.8, 4) is 17.6 Å². The Bertz CT molecular complexity index is 1370. The SMILES string of the molecule is CNC(=O)c1ccc(OC)c(NCC#Cc2nn3c(N[C@@H]4CCNC[C@@H]4F)cccc3c2SC(F)(F)F)n1. The molecular weight excluding hydrogens is 526 g/mol. The summed E-state index contributed by atoms with van der Waals surface area (Å²) in [5.74, 6) is 6.03. The first kappa shape index (κ1) is 27.3. The number of carbonyl (C=O) groups excluding carboxylic acids is 1. The molecule has 9 nitrogen and oxygen atoms in total. The number of aromatic nitrogens is 3. The standard InChI is InChI=1S/C24H25F4N7O2S/c1-29-23(36)17-8-9-19(37-2)22(33-17)31-11-4-5-16-21(38-24(26,27)28)18-6-3-7-20(35(18)34-16)32-15-10-12-30-13-14(15)25/h3,6-9,14-15,30,32H,10-13H2,1-2H3,(H,29,36)(H,31,33)/t14-,15+/m0/s1. The van der Waals surface area contributed by atoms with Crippen molar-refractivity contribution in [1.29, 1.82) is 0 Å². The average molecular weight is 552 g/mol. The fraction of sp³-hybridized carbons (Fsp3) is 0.375. The third kappa shape index (κ3) is 6.40. The Morgan fingerprint density at radius 2 is 2.13 bits per heavy atom. The van der Waals surface area contributed by atoms with Crippen molar-refractivity contribution in [2.75, 3.05) is 44.4 Å². The molecule has 1 amide bonds. The molecule has 4 N–H and O–H groups in total. The number of hydrogen-bond acceptors (Lipinski definition) is 8. The number of methoxy groups -OCH3 is 1. The van der Waals surface area contributed by atoms with Crippen LogP contribution in [0.5, 0.6) is 5.75 Å². The topological polar surface area (TPSA) is 105 Å². The molecular formula is C24H25F4N7O2S. The monoisotopic (exact) mass is 551 g/mol. The lowest BCUT2D eigenvalue weighted by atomic mass is 10.1. The molecule has 0 aliphatic carbocycles. The average Bonchev–Trinajstić information content (AvgIpc) is 3.24. The van der Waals surface area contributed by atoms with Crippen LogP contribution in [-0.4, -0.2) is 72.0 Å². The van der Waals surface area contributed by atoms with Crippen LogP contribution < -0.4 is 26.0 Å². The van der Waals surface area contributed by atoms with Crippen LogP contribution in [0.1, 0.15) is 22.6 Å². The van der Waals surface area contributed by atoms with E-state index in [0.29, 0.717) is 24.5 Å². The number of amides is 1. The van der Waals surface area contributed by atoms with E-state index in [-0.39, 0.29) is 52.5 Å². The zero-order valence-electron chi connectivity index (χ0n) is 20.4. The van der Waals surface area contributed by atoms with Gasteiger partial charge in [0.15, 0.2) is 11.6 Å². The number of nitrogens with one attached hydrogen (secondary N) is 4. The van der Waals surface area contributed by atoms with Gasteiger partial charge in [-0.2, -0.15) is 18.3 Å². The van der Waals surface area contributed by atoms with Crippen molar-refractivity contribution in [2.24, 2.45) is 0 Å². The summed E-state index contributed by atoms with van der Waals surface area (Å²) in [6.45, 7) is 0.795. The lowest BCUT2D eigenvalue weighted by molar-refractivity contribution is -0.0327. The number of pyridine rings is 2. The Balaban J connectivity index is 1.62. The smallest absolute Gasteiger partial charge is 0.446 e. The van der Waals surface area contributed by atoms with Crippen molar-refractivity contribution < 1.29 is 27.1 Å². The first-order valence-corrected chi connectivity index (χ1v) is 12.4. The van der Waals surface area contributed by atoms with E-state index in [9.17, 15) is 22.4 Å². The second-order valence-electron chi connectivity index (χ2n) is 8.18. The maximum Gasteiger partial charge on any atom is 0.446 e. The van der Waals surface area contributed by atoms with Gasteiger partial charge in [0.1, 0.15) is 23.4 Å². The van der Waals surface area contributed by atoms with E-state index in [1.165, 1.54) is 30.8 Å². The van der Waals surface area contributed by atoms with Gasteiger partial charge in [-0.05, 0) is 54.9 Å². The van der Waals surface area contributed by atoms with Gasteiger partial charge in [-0.25, -0.2) is 13.9 Å². The summed E-state index contributed by atoms with van der Waals surface area (Å²) >= 11 is -0.308. The second kappa shape index (κ2) is 11.8. The zero-order valence-corrected chi connectivity index (χ0v) is 21.3. The van der Waals surface area contributed by atoms with Gasteiger partial charge in [-0.15, -0.1) is 0 Å². The van der Waals surface area contributed by atoms with Gasteiger partial charge in [0, 0.05) is 13.6 Å². The van der Waals surface area contributed by atoms with Gasteiger partial charge < -0.3 is 26.0 Å². The lowest BCUT2D eigenvalue weighted by Crippen LogP contribution is -2.45. The lowest BCUT2D eigenvalue weighted by Gasteiger charge is -2.28. The summed E-state index contributed by atoms with van der Waals surface area (Å²) in [5.41, 5.74) is -4.31. The normalized spacial score (nSPS) is 17.4. The number of piperidine rings is 1. The molecule has 0 bridgehead atoms. The molecule has 4 heterocycles. The quantitative estimate of drug-likeness (QED) is 0.202. The van der Waals surface area contributed by atoms with Crippen molar-refractivity contribution in [1.82, 2.24) is 25.2 Å². The van der Waals surface area contributed by atoms with Crippen LogP contribution in [0, 0.1) is 11.8 Å². The molecule has 1 saturated heterocycles. The van der Waals surface area contributed by atoms with Gasteiger partial charge in [-0.1, -0.05) is 12.0 Å². The van der Waals surface area contributed by atoms with Crippen LogP contribution in [0.2, 0.25) is 0 Å². The number of anilines is 2. The molecule has 2 atom stereocenters. The Hall–Kier alpha value is -3.70. The van der Waals surface area contributed by atoms with Crippen LogP contribution in [0.3, 0.4) is 0 Å². The Morgan fingerprint density at radius 1 is 1.32 bits per heavy atom. The minimum Gasteiger partial charge on any atom is -0.493 e. The van der Waals surface area contributed by atoms with Crippen molar-refractivity contribution in [2.45, 2.75) is 29.0 Å². The van der Waals surface area contributed by atoms with E-state index < -0.39 is 23.6 Å². The summed E-state index contributed by atoms with van der Waals surface area (Å²) in [6, 6.07) is 7.27. The van der Waals surface area contributed by atoms with Crippen LogP contribution in [0.4, 0.5) is 29.2 Å². The van der Waals surface area contributed by atoms with E-state index >= 15 is 0 Å². The fourth-order valence-electron chi connectivity index (χ4n) is 3.88. The minimum atomic E-state index is -4.57. The van der Waals surface area contributed by atoms with Crippen molar-refractivity contribution in [3.05, 3.63) is 41.7 Å². The predicted molar refractivity (Wildman–Crippen MR) is 136 cm³/mol. The molecule has 4 rings (SSSR count). The van der Waals surface area contributed by atoms with E-state index in [1.807, 2.05) is 0 Å². The minimum absolute atomic E-state index is 0.0196. The molecule has 1 aliphatic rings. The highest BCUT2D eigenvalue weighted by molar-refractivity contribution is 8.00. The largest absolute Gasteiger partial charge is 0.493 e. The van der Waals surface area contributed by atoms with Gasteiger partial charge in [0.2, 0.25) is 0 Å². The van der Waals surface area contributed by atoms with E-state index in [0.717, 1.165) is 0 Å². The van der Waals surface area contributed by atoms with Gasteiger partial charge >= 0.3 is 5.51 Å². The molecule has 0 aromatic carbocycles. The van der Waals surface area contributed by atoms with Crippen molar-refractivity contribution >= 4 is 34.8 Å². The van der Waals surface area contributed by atoms with Gasteiger partial charge in [0.05, 0.1) is 30.1 Å². The molecule has 3 aromatic rings. The highest BCUT2D eigenvalue weighted by Crippen LogP contribution is 2.41. The molecule has 0 saturated carbocycles. The van der Waals surface area contributed by atoms with Crippen LogP contribution in [0.25, 0.3) is 5.52 Å². The third-order valence-electron chi connectivity index (χ3n) is 5.66. The molecule has 0 unspecified atom stereocenters. The fourth-order valence-corrected chi connectivity index (χ4v) is 4.56. The van der Waals surface area contributed by atoms with E-state index in [1.54, 1.807) is 18.2 Å². The van der Waals surface area contributed by atoms with Crippen LogP contribution >= 0.6 is 11.8 Å². The predicted octanol–water partition coefficient (Wildman–Crippen LogP) is 3.28. The van der Waals surface area contributed by atoms with Gasteiger partial charge in [0.25, 0.3) is 5.91 Å². The van der Waals surface area contributed by atoms with Crippen LogP contribution in [0.15, 0.2) is 35.2 Å². The Morgan fingerprint density at radius 3 is 2.84 bits per heavy atom. The molecule has 0 radical (unpaired) electrons. The van der Waals surface area contributed by atoms with E-state index in [4.69, 9.17) is 4.74 Å². The maximum absolute atomic E-state index is 14.4. The number of ether oxygens (including phenoxy) is 1. The highest BCUT2D eigenvalue weighted by Gasteiger charge is 2.33. The maximum atomic E-state index is 14.4. The number of carbonyl (C=O) groups is 1. The number of alkyl halides is 4. The van der Waals surface area contributed by atoms with Crippen molar-refractivity contribution in [3.63, 3.8) is 0 Å².